The van der Waals surface area contributed by atoms with E-state index in [0.717, 1.165) is 32.4 Å². The lowest BCUT2D eigenvalue weighted by molar-refractivity contribution is -0.135. The van der Waals surface area contributed by atoms with Crippen LogP contribution in [0.25, 0.3) is 0 Å². The summed E-state index contributed by atoms with van der Waals surface area (Å²) in [4.78, 5) is 14.1. The number of carbonyl (C=O) groups excluding carboxylic acids is 1. The summed E-state index contributed by atoms with van der Waals surface area (Å²) in [5.41, 5.74) is 6.36. The van der Waals surface area contributed by atoms with Crippen molar-refractivity contribution in [2.45, 2.75) is 52.0 Å². The molecule has 1 aliphatic heterocycles. The molecule has 0 spiro atoms. The molecule has 2 N–H and O–H groups in total. The van der Waals surface area contributed by atoms with Gasteiger partial charge in [0.15, 0.2) is 0 Å². The molecule has 1 unspecified atom stereocenters. The summed E-state index contributed by atoms with van der Waals surface area (Å²) in [5.74, 6) is 0.115. The van der Waals surface area contributed by atoms with E-state index in [-0.39, 0.29) is 11.9 Å². The molecule has 0 aliphatic carbocycles. The monoisotopic (exact) mass is 256 g/mol. The maximum Gasteiger partial charge on any atom is 0.239 e. The van der Waals surface area contributed by atoms with E-state index in [1.54, 1.807) is 7.11 Å². The maximum absolute atomic E-state index is 12.2. The van der Waals surface area contributed by atoms with Gasteiger partial charge in [0.2, 0.25) is 5.91 Å². The van der Waals surface area contributed by atoms with Crippen LogP contribution in [0.2, 0.25) is 0 Å². The Balaban J connectivity index is 2.35. The van der Waals surface area contributed by atoms with Gasteiger partial charge in [0, 0.05) is 26.8 Å². The summed E-state index contributed by atoms with van der Waals surface area (Å²) >= 11 is 0. The molecule has 106 valence electrons. The van der Waals surface area contributed by atoms with Crippen LogP contribution < -0.4 is 5.73 Å². The van der Waals surface area contributed by atoms with Gasteiger partial charge in [0.05, 0.1) is 6.04 Å². The summed E-state index contributed by atoms with van der Waals surface area (Å²) in [6.07, 6.45) is 4.95. The van der Waals surface area contributed by atoms with Crippen molar-refractivity contribution >= 4 is 5.91 Å². The highest BCUT2D eigenvalue weighted by atomic mass is 16.5. The first kappa shape index (κ1) is 15.4. The van der Waals surface area contributed by atoms with E-state index in [1.807, 2.05) is 4.90 Å². The minimum atomic E-state index is -0.355. The fourth-order valence-electron chi connectivity index (χ4n) is 2.43. The Morgan fingerprint density at radius 2 is 2.06 bits per heavy atom. The Labute approximate surface area is 111 Å². The first-order chi connectivity index (χ1) is 8.52. The highest BCUT2D eigenvalue weighted by Crippen LogP contribution is 2.34. The molecule has 1 atom stereocenters. The molecule has 1 rings (SSSR count). The van der Waals surface area contributed by atoms with Crippen LogP contribution in [0, 0.1) is 5.41 Å². The topological polar surface area (TPSA) is 55.6 Å². The third-order valence-electron chi connectivity index (χ3n) is 4.32. The number of hydrogen-bond donors (Lipinski definition) is 1. The fourth-order valence-corrected chi connectivity index (χ4v) is 2.43. The van der Waals surface area contributed by atoms with Crippen molar-refractivity contribution in [3.63, 3.8) is 0 Å². The van der Waals surface area contributed by atoms with E-state index < -0.39 is 0 Å². The average Bonchev–Trinajstić information content (AvgIpc) is 2.39. The van der Waals surface area contributed by atoms with Crippen molar-refractivity contribution in [2.24, 2.45) is 11.1 Å². The van der Waals surface area contributed by atoms with E-state index >= 15 is 0 Å². The Morgan fingerprint density at radius 1 is 1.44 bits per heavy atom. The predicted molar refractivity (Wildman–Crippen MR) is 73.3 cm³/mol. The zero-order valence-corrected chi connectivity index (χ0v) is 12.1. The second-order valence-electron chi connectivity index (χ2n) is 5.73. The third kappa shape index (κ3) is 4.25. The average molecular weight is 256 g/mol. The molecule has 1 amide bonds. The second kappa shape index (κ2) is 7.10. The normalized spacial score (nSPS) is 20.8. The van der Waals surface area contributed by atoms with Crippen molar-refractivity contribution in [2.75, 3.05) is 26.8 Å². The van der Waals surface area contributed by atoms with Crippen molar-refractivity contribution < 1.29 is 9.53 Å². The number of ether oxygens (including phenoxy) is 1. The van der Waals surface area contributed by atoms with Crippen LogP contribution in [0.3, 0.4) is 0 Å². The molecule has 0 bridgehead atoms. The molecular formula is C14H28N2O2. The molecule has 0 saturated carbocycles. The van der Waals surface area contributed by atoms with Crippen LogP contribution in [0.4, 0.5) is 0 Å². The quantitative estimate of drug-likeness (QED) is 0.737. The zero-order valence-electron chi connectivity index (χ0n) is 12.1. The van der Waals surface area contributed by atoms with Gasteiger partial charge in [0.1, 0.15) is 0 Å². The molecule has 0 radical (unpaired) electrons. The fraction of sp³-hybridized carbons (Fsp3) is 0.929. The van der Waals surface area contributed by atoms with E-state index in [2.05, 4.69) is 13.8 Å². The van der Waals surface area contributed by atoms with Crippen LogP contribution in [0.5, 0.6) is 0 Å². The minimum absolute atomic E-state index is 0.115. The summed E-state index contributed by atoms with van der Waals surface area (Å²) in [5, 5.41) is 0. The van der Waals surface area contributed by atoms with Gasteiger partial charge >= 0.3 is 0 Å². The molecule has 1 saturated heterocycles. The van der Waals surface area contributed by atoms with Gasteiger partial charge in [-0.1, -0.05) is 20.3 Å². The van der Waals surface area contributed by atoms with Crippen molar-refractivity contribution in [3.05, 3.63) is 0 Å². The first-order valence-electron chi connectivity index (χ1n) is 7.06. The number of piperidine rings is 1. The van der Waals surface area contributed by atoms with Crippen molar-refractivity contribution in [1.29, 1.82) is 0 Å². The van der Waals surface area contributed by atoms with Crippen LogP contribution in [-0.2, 0) is 9.53 Å². The highest BCUT2D eigenvalue weighted by Gasteiger charge is 2.31. The summed E-state index contributed by atoms with van der Waals surface area (Å²) < 4.78 is 4.98. The van der Waals surface area contributed by atoms with Gasteiger partial charge in [-0.3, -0.25) is 4.79 Å². The largest absolute Gasteiger partial charge is 0.385 e. The maximum atomic E-state index is 12.2. The third-order valence-corrected chi connectivity index (χ3v) is 4.32. The number of carbonyl (C=O) groups is 1. The molecule has 4 nitrogen and oxygen atoms in total. The lowest BCUT2D eigenvalue weighted by Gasteiger charge is -2.39. The SMILES string of the molecule is CCC1(C)CCN(C(=O)C(N)CCCOC)CC1. The molecule has 1 aliphatic rings. The molecule has 1 fully saturated rings. The van der Waals surface area contributed by atoms with Crippen molar-refractivity contribution in [1.82, 2.24) is 4.90 Å². The minimum Gasteiger partial charge on any atom is -0.385 e. The molecule has 0 aromatic carbocycles. The standard InChI is InChI=1S/C14H28N2O2/c1-4-14(2)7-9-16(10-8-14)13(17)12(15)6-5-11-18-3/h12H,4-11,15H2,1-3H3. The second-order valence-corrected chi connectivity index (χ2v) is 5.73. The lowest BCUT2D eigenvalue weighted by Crippen LogP contribution is -2.48. The van der Waals surface area contributed by atoms with E-state index in [1.165, 1.54) is 6.42 Å². The molecule has 0 aromatic rings. The molecule has 4 heteroatoms. The van der Waals surface area contributed by atoms with Crippen molar-refractivity contribution in [3.8, 4) is 0 Å². The number of nitrogens with two attached hydrogens (primary N) is 1. The Morgan fingerprint density at radius 3 is 2.56 bits per heavy atom. The highest BCUT2D eigenvalue weighted by molar-refractivity contribution is 5.81. The Kier molecular flexibility index (Phi) is 6.09. The van der Waals surface area contributed by atoms with E-state index in [0.29, 0.717) is 18.4 Å². The summed E-state index contributed by atoms with van der Waals surface area (Å²) in [6, 6.07) is -0.355. The summed E-state index contributed by atoms with van der Waals surface area (Å²) in [7, 11) is 1.67. The smallest absolute Gasteiger partial charge is 0.239 e. The van der Waals surface area contributed by atoms with Gasteiger partial charge in [-0.15, -0.1) is 0 Å². The Hall–Kier alpha value is -0.610. The number of likely N-dealkylation sites (tertiary alicyclic amines) is 1. The van der Waals surface area contributed by atoms with Gasteiger partial charge in [0.25, 0.3) is 0 Å². The van der Waals surface area contributed by atoms with Gasteiger partial charge in [-0.25, -0.2) is 0 Å². The van der Waals surface area contributed by atoms with Crippen LogP contribution in [0.15, 0.2) is 0 Å². The molecular weight excluding hydrogens is 228 g/mol. The number of nitrogens with zero attached hydrogens (tertiary/aromatic N) is 1. The number of rotatable bonds is 6. The van der Waals surface area contributed by atoms with Crippen LogP contribution in [0.1, 0.15) is 46.0 Å². The van der Waals surface area contributed by atoms with Crippen LogP contribution >= 0.6 is 0 Å². The van der Waals surface area contributed by atoms with Gasteiger partial charge < -0.3 is 15.4 Å². The first-order valence-corrected chi connectivity index (χ1v) is 7.06. The van der Waals surface area contributed by atoms with Gasteiger partial charge in [-0.2, -0.15) is 0 Å². The lowest BCUT2D eigenvalue weighted by atomic mass is 9.78. The molecule has 0 aromatic heterocycles. The molecule has 1 heterocycles. The van der Waals surface area contributed by atoms with E-state index in [4.69, 9.17) is 10.5 Å². The van der Waals surface area contributed by atoms with Gasteiger partial charge in [-0.05, 0) is 31.1 Å². The number of amides is 1. The Bertz CT molecular complexity index is 261. The number of methoxy groups -OCH3 is 1. The van der Waals surface area contributed by atoms with Crippen LogP contribution in [-0.4, -0.2) is 43.7 Å². The summed E-state index contributed by atoms with van der Waals surface area (Å²) in [6.45, 7) is 6.94. The number of hydrogen-bond acceptors (Lipinski definition) is 3. The predicted octanol–water partition coefficient (Wildman–Crippen LogP) is 1.78. The van der Waals surface area contributed by atoms with E-state index in [9.17, 15) is 4.79 Å². The zero-order chi connectivity index (χ0) is 13.6. The molecule has 18 heavy (non-hydrogen) atoms.